The molecule has 3 aromatic rings. The Labute approximate surface area is 154 Å². The number of nitrogens with one attached hydrogen (secondary N) is 1. The minimum Gasteiger partial charge on any atom is -0.361 e. The van der Waals surface area contributed by atoms with E-state index in [4.69, 9.17) is 9.78 Å². The van der Waals surface area contributed by atoms with E-state index in [0.29, 0.717) is 24.6 Å². The predicted molar refractivity (Wildman–Crippen MR) is 98.5 cm³/mol. The van der Waals surface area contributed by atoms with Crippen LogP contribution in [0.5, 0.6) is 0 Å². The van der Waals surface area contributed by atoms with Crippen molar-refractivity contribution in [3.8, 4) is 17.3 Å². The first-order valence-electron chi connectivity index (χ1n) is 8.34. The summed E-state index contributed by atoms with van der Waals surface area (Å²) in [7, 11) is 0. The SMILES string of the molecule is Cc1noc(C)c1-c1ccc2nc(NC(=O)[C@H]3CCN(C#N)C3)sc2c1. The average Bonchev–Trinajstić information content (AvgIpc) is 3.32. The third kappa shape index (κ3) is 2.91. The van der Waals surface area contributed by atoms with Gasteiger partial charge in [-0.05, 0) is 38.0 Å². The number of nitrogens with zero attached hydrogens (tertiary/aromatic N) is 4. The number of likely N-dealkylation sites (tertiary alicyclic amines) is 1. The van der Waals surface area contributed by atoms with Crippen molar-refractivity contribution in [1.29, 1.82) is 5.26 Å². The number of anilines is 1. The highest BCUT2D eigenvalue weighted by atomic mass is 32.1. The van der Waals surface area contributed by atoms with Crippen LogP contribution in [0.4, 0.5) is 5.13 Å². The van der Waals surface area contributed by atoms with Gasteiger partial charge < -0.3 is 14.7 Å². The first-order chi connectivity index (χ1) is 12.5. The molecule has 1 amide bonds. The minimum absolute atomic E-state index is 0.0762. The summed E-state index contributed by atoms with van der Waals surface area (Å²) in [6, 6.07) is 5.97. The molecule has 0 spiro atoms. The monoisotopic (exact) mass is 367 g/mol. The Bertz CT molecular complexity index is 1010. The molecule has 4 rings (SSSR count). The lowest BCUT2D eigenvalue weighted by atomic mass is 10.0. The second-order valence-corrected chi connectivity index (χ2v) is 7.45. The third-order valence-electron chi connectivity index (χ3n) is 4.64. The lowest BCUT2D eigenvalue weighted by Gasteiger charge is -2.08. The van der Waals surface area contributed by atoms with Gasteiger partial charge in [0.2, 0.25) is 5.91 Å². The maximum Gasteiger partial charge on any atom is 0.231 e. The van der Waals surface area contributed by atoms with Crippen LogP contribution in [-0.4, -0.2) is 34.0 Å². The van der Waals surface area contributed by atoms with Crippen LogP contribution in [0.1, 0.15) is 17.9 Å². The van der Waals surface area contributed by atoms with Crippen molar-refractivity contribution in [2.45, 2.75) is 20.3 Å². The summed E-state index contributed by atoms with van der Waals surface area (Å²) in [5.41, 5.74) is 3.71. The summed E-state index contributed by atoms with van der Waals surface area (Å²) < 4.78 is 6.24. The molecular formula is C18H17N5O2S. The number of amides is 1. The maximum atomic E-state index is 12.4. The molecule has 7 nitrogen and oxygen atoms in total. The van der Waals surface area contributed by atoms with Crippen LogP contribution in [0.2, 0.25) is 0 Å². The van der Waals surface area contributed by atoms with Crippen molar-refractivity contribution in [1.82, 2.24) is 15.0 Å². The highest BCUT2D eigenvalue weighted by Gasteiger charge is 2.28. The van der Waals surface area contributed by atoms with E-state index in [1.54, 1.807) is 4.90 Å². The Balaban J connectivity index is 1.57. The molecule has 1 aliphatic rings. The molecular weight excluding hydrogens is 350 g/mol. The van der Waals surface area contributed by atoms with Crippen molar-refractivity contribution < 1.29 is 9.32 Å². The summed E-state index contributed by atoms with van der Waals surface area (Å²) in [5, 5.41) is 16.4. The number of fused-ring (bicyclic) bond motifs is 1. The van der Waals surface area contributed by atoms with Crippen LogP contribution in [0, 0.1) is 31.2 Å². The van der Waals surface area contributed by atoms with Gasteiger partial charge in [-0.25, -0.2) is 4.98 Å². The zero-order valence-corrected chi connectivity index (χ0v) is 15.3. The van der Waals surface area contributed by atoms with Gasteiger partial charge in [0.15, 0.2) is 11.3 Å². The molecule has 0 radical (unpaired) electrons. The fourth-order valence-corrected chi connectivity index (χ4v) is 4.21. The van der Waals surface area contributed by atoms with E-state index >= 15 is 0 Å². The first kappa shape index (κ1) is 16.5. The largest absolute Gasteiger partial charge is 0.361 e. The Kier molecular flexibility index (Phi) is 4.09. The summed E-state index contributed by atoms with van der Waals surface area (Å²) >= 11 is 1.44. The number of rotatable bonds is 3. The highest BCUT2D eigenvalue weighted by Crippen LogP contribution is 2.33. The third-order valence-corrected chi connectivity index (χ3v) is 5.57. The number of carbonyl (C=O) groups excluding carboxylic acids is 1. The van der Waals surface area contributed by atoms with E-state index in [0.717, 1.165) is 32.8 Å². The van der Waals surface area contributed by atoms with Crippen LogP contribution in [0.25, 0.3) is 21.3 Å². The lowest BCUT2D eigenvalue weighted by molar-refractivity contribution is -0.119. The zero-order chi connectivity index (χ0) is 18.3. The quantitative estimate of drug-likeness (QED) is 0.714. The normalized spacial score (nSPS) is 16.8. The second-order valence-electron chi connectivity index (χ2n) is 6.42. The molecule has 26 heavy (non-hydrogen) atoms. The molecule has 1 saturated heterocycles. The van der Waals surface area contributed by atoms with E-state index in [2.05, 4.69) is 21.7 Å². The number of nitriles is 1. The van der Waals surface area contributed by atoms with Gasteiger partial charge in [-0.15, -0.1) is 0 Å². The van der Waals surface area contributed by atoms with E-state index in [-0.39, 0.29) is 11.8 Å². The first-order valence-corrected chi connectivity index (χ1v) is 9.16. The van der Waals surface area contributed by atoms with Crippen LogP contribution in [0.3, 0.4) is 0 Å². The van der Waals surface area contributed by atoms with Crippen molar-refractivity contribution in [2.75, 3.05) is 18.4 Å². The van der Waals surface area contributed by atoms with Gasteiger partial charge in [0.1, 0.15) is 5.76 Å². The zero-order valence-electron chi connectivity index (χ0n) is 14.4. The topological polar surface area (TPSA) is 95.1 Å². The lowest BCUT2D eigenvalue weighted by Crippen LogP contribution is -2.25. The fraction of sp³-hybridized carbons (Fsp3) is 0.333. The highest BCUT2D eigenvalue weighted by molar-refractivity contribution is 7.22. The van der Waals surface area contributed by atoms with Crippen molar-refractivity contribution >= 4 is 32.6 Å². The summed E-state index contributed by atoms with van der Waals surface area (Å²) in [5.74, 6) is 0.537. The van der Waals surface area contributed by atoms with E-state index in [1.165, 1.54) is 11.3 Å². The smallest absolute Gasteiger partial charge is 0.231 e. The van der Waals surface area contributed by atoms with Gasteiger partial charge in [-0.1, -0.05) is 22.6 Å². The van der Waals surface area contributed by atoms with Crippen LogP contribution < -0.4 is 5.32 Å². The van der Waals surface area contributed by atoms with Gasteiger partial charge in [0, 0.05) is 18.7 Å². The molecule has 0 aliphatic carbocycles. The van der Waals surface area contributed by atoms with Crippen molar-refractivity contribution in [3.63, 3.8) is 0 Å². The summed E-state index contributed by atoms with van der Waals surface area (Å²) in [4.78, 5) is 18.5. The molecule has 1 atom stereocenters. The number of benzene rings is 1. The molecule has 1 aromatic carbocycles. The molecule has 132 valence electrons. The van der Waals surface area contributed by atoms with Crippen LogP contribution in [-0.2, 0) is 4.79 Å². The van der Waals surface area contributed by atoms with E-state index in [9.17, 15) is 4.79 Å². The molecule has 1 fully saturated rings. The van der Waals surface area contributed by atoms with Gasteiger partial charge in [-0.3, -0.25) is 4.79 Å². The molecule has 0 bridgehead atoms. The van der Waals surface area contributed by atoms with Gasteiger partial charge in [0.25, 0.3) is 0 Å². The van der Waals surface area contributed by atoms with Crippen LogP contribution >= 0.6 is 11.3 Å². The number of thiazole rings is 1. The van der Waals surface area contributed by atoms with Gasteiger partial charge in [-0.2, -0.15) is 5.26 Å². The number of hydrogen-bond donors (Lipinski definition) is 1. The van der Waals surface area contributed by atoms with Crippen LogP contribution in [0.15, 0.2) is 22.7 Å². The van der Waals surface area contributed by atoms with Gasteiger partial charge >= 0.3 is 0 Å². The predicted octanol–water partition coefficient (Wildman–Crippen LogP) is 3.31. The molecule has 3 heterocycles. The Hall–Kier alpha value is -2.92. The molecule has 0 saturated carbocycles. The van der Waals surface area contributed by atoms with E-state index < -0.39 is 0 Å². The van der Waals surface area contributed by atoms with Gasteiger partial charge in [0.05, 0.1) is 21.8 Å². The molecule has 1 N–H and O–H groups in total. The standard InChI is InChI=1S/C18H17N5O2S/c1-10-16(11(2)25-22-10)12-3-4-14-15(7-12)26-18(20-14)21-17(24)13-5-6-23(8-13)9-19/h3-4,7,13H,5-6,8H2,1-2H3,(H,20,21,24)/t13-/m0/s1. The summed E-state index contributed by atoms with van der Waals surface area (Å²) in [6.07, 6.45) is 2.79. The average molecular weight is 367 g/mol. The number of aryl methyl sites for hydroxylation is 2. The Morgan fingerprint density at radius 1 is 1.46 bits per heavy atom. The minimum atomic E-state index is -0.167. The van der Waals surface area contributed by atoms with E-state index in [1.807, 2.05) is 32.0 Å². The second kappa shape index (κ2) is 6.42. The molecule has 0 unspecified atom stereocenters. The Morgan fingerprint density at radius 2 is 2.31 bits per heavy atom. The molecule has 8 heteroatoms. The number of aromatic nitrogens is 2. The molecule has 1 aliphatic heterocycles. The van der Waals surface area contributed by atoms with Crippen molar-refractivity contribution in [2.24, 2.45) is 5.92 Å². The fourth-order valence-electron chi connectivity index (χ4n) is 3.30. The maximum absolute atomic E-state index is 12.4. The number of carbonyl (C=O) groups is 1. The Morgan fingerprint density at radius 3 is 3.00 bits per heavy atom. The molecule has 2 aromatic heterocycles. The summed E-state index contributed by atoms with van der Waals surface area (Å²) in [6.45, 7) is 4.92. The van der Waals surface area contributed by atoms with Crippen molar-refractivity contribution in [3.05, 3.63) is 29.7 Å². The number of hydrogen-bond acceptors (Lipinski definition) is 7.